The Labute approximate surface area is 133 Å². The molecule has 3 nitrogen and oxygen atoms in total. The Morgan fingerprint density at radius 2 is 1.91 bits per heavy atom. The molecular weight excluding hydrogens is 272 g/mol. The number of benzene rings is 1. The smallest absolute Gasteiger partial charge is 0.226 e. The molecule has 1 saturated carbocycles. The standard InChI is InChI=1S/C19H28N2O/c1-12-10-17(14-8-6-5-7-9-14)19(3,4)21(12)18(22)16-11-15(16)13(2)20/h5-9,12-13,15-17H,10-11,20H2,1-4H3/t12-,13?,15-,16+,17-/m0/s1. The molecular formula is C19H28N2O. The molecule has 1 heterocycles. The molecule has 5 atom stereocenters. The Morgan fingerprint density at radius 3 is 2.45 bits per heavy atom. The van der Waals surface area contributed by atoms with Gasteiger partial charge in [0.25, 0.3) is 0 Å². The van der Waals surface area contributed by atoms with E-state index in [1.807, 2.05) is 6.92 Å². The summed E-state index contributed by atoms with van der Waals surface area (Å²) in [5.74, 6) is 1.25. The molecule has 1 aliphatic carbocycles. The summed E-state index contributed by atoms with van der Waals surface area (Å²) in [4.78, 5) is 15.1. The van der Waals surface area contributed by atoms with E-state index in [1.54, 1.807) is 0 Å². The van der Waals surface area contributed by atoms with Crippen LogP contribution < -0.4 is 5.73 Å². The van der Waals surface area contributed by atoms with Gasteiger partial charge >= 0.3 is 0 Å². The number of amides is 1. The highest BCUT2D eigenvalue weighted by Crippen LogP contribution is 2.49. The van der Waals surface area contributed by atoms with Crippen molar-refractivity contribution < 1.29 is 4.79 Å². The molecule has 3 heteroatoms. The minimum Gasteiger partial charge on any atom is -0.334 e. The largest absolute Gasteiger partial charge is 0.334 e. The maximum absolute atomic E-state index is 13.0. The molecule has 3 rings (SSSR count). The summed E-state index contributed by atoms with van der Waals surface area (Å²) in [6.45, 7) is 8.64. The summed E-state index contributed by atoms with van der Waals surface area (Å²) in [6.07, 6.45) is 2.00. The van der Waals surface area contributed by atoms with Crippen molar-refractivity contribution in [2.45, 2.75) is 64.1 Å². The third-order valence-electron chi connectivity index (χ3n) is 5.76. The number of hydrogen-bond acceptors (Lipinski definition) is 2. The van der Waals surface area contributed by atoms with E-state index in [4.69, 9.17) is 5.73 Å². The first-order valence-corrected chi connectivity index (χ1v) is 8.47. The number of hydrogen-bond donors (Lipinski definition) is 1. The Balaban J connectivity index is 1.82. The summed E-state index contributed by atoms with van der Waals surface area (Å²) in [6, 6.07) is 11.0. The van der Waals surface area contributed by atoms with Gasteiger partial charge in [-0.1, -0.05) is 30.3 Å². The second-order valence-electron chi connectivity index (χ2n) is 7.78. The molecule has 22 heavy (non-hydrogen) atoms. The van der Waals surface area contributed by atoms with Gasteiger partial charge in [0, 0.05) is 29.5 Å². The number of carbonyl (C=O) groups is 1. The summed E-state index contributed by atoms with van der Waals surface area (Å²) in [5, 5.41) is 0. The van der Waals surface area contributed by atoms with E-state index in [0.717, 1.165) is 12.8 Å². The molecule has 0 bridgehead atoms. The second-order valence-corrected chi connectivity index (χ2v) is 7.78. The van der Waals surface area contributed by atoms with E-state index in [0.29, 0.717) is 23.8 Å². The van der Waals surface area contributed by atoms with E-state index in [9.17, 15) is 4.79 Å². The molecule has 1 aliphatic heterocycles. The van der Waals surface area contributed by atoms with Crippen molar-refractivity contribution in [1.29, 1.82) is 0 Å². The Hall–Kier alpha value is -1.35. The average Bonchev–Trinajstić information content (AvgIpc) is 3.21. The minimum atomic E-state index is -0.136. The molecule has 1 saturated heterocycles. The average molecular weight is 300 g/mol. The van der Waals surface area contributed by atoms with Crippen molar-refractivity contribution in [2.24, 2.45) is 17.6 Å². The van der Waals surface area contributed by atoms with Crippen LogP contribution in [0.15, 0.2) is 30.3 Å². The van der Waals surface area contributed by atoms with E-state index in [2.05, 4.69) is 56.0 Å². The van der Waals surface area contributed by atoms with Crippen LogP contribution in [0.2, 0.25) is 0 Å². The molecule has 2 aliphatic rings. The van der Waals surface area contributed by atoms with Gasteiger partial charge in [-0.2, -0.15) is 0 Å². The van der Waals surface area contributed by atoms with Gasteiger partial charge in [0.15, 0.2) is 0 Å². The van der Waals surface area contributed by atoms with Gasteiger partial charge in [-0.05, 0) is 52.0 Å². The van der Waals surface area contributed by atoms with Gasteiger partial charge in [-0.25, -0.2) is 0 Å². The lowest BCUT2D eigenvalue weighted by Crippen LogP contribution is -2.49. The predicted octanol–water partition coefficient (Wildman–Crippen LogP) is 3.15. The molecule has 120 valence electrons. The molecule has 1 unspecified atom stereocenters. The maximum Gasteiger partial charge on any atom is 0.226 e. The SMILES string of the molecule is CC(N)[C@@H]1C[C@H]1C(=O)N1[C@@H](C)C[C@@H](c2ccccc2)C1(C)C. The molecule has 0 aromatic heterocycles. The van der Waals surface area contributed by atoms with Crippen LogP contribution in [-0.2, 0) is 4.79 Å². The zero-order valence-electron chi connectivity index (χ0n) is 14.1. The lowest BCUT2D eigenvalue weighted by molar-refractivity contribution is -0.138. The quantitative estimate of drug-likeness (QED) is 0.932. The highest BCUT2D eigenvalue weighted by molar-refractivity contribution is 5.83. The lowest BCUT2D eigenvalue weighted by Gasteiger charge is -2.38. The fourth-order valence-electron chi connectivity index (χ4n) is 4.46. The topological polar surface area (TPSA) is 46.3 Å². The van der Waals surface area contributed by atoms with Crippen LogP contribution in [-0.4, -0.2) is 28.4 Å². The van der Waals surface area contributed by atoms with Crippen LogP contribution in [0.3, 0.4) is 0 Å². The first kappa shape index (κ1) is 15.5. The Bertz CT molecular complexity index is 552. The van der Waals surface area contributed by atoms with E-state index >= 15 is 0 Å². The van der Waals surface area contributed by atoms with E-state index in [1.165, 1.54) is 5.56 Å². The number of nitrogens with zero attached hydrogens (tertiary/aromatic N) is 1. The second kappa shape index (κ2) is 5.38. The van der Waals surface area contributed by atoms with Crippen molar-refractivity contribution in [2.75, 3.05) is 0 Å². The molecule has 2 N–H and O–H groups in total. The third-order valence-corrected chi connectivity index (χ3v) is 5.76. The monoisotopic (exact) mass is 300 g/mol. The molecule has 0 radical (unpaired) electrons. The van der Waals surface area contributed by atoms with Gasteiger partial charge in [0.05, 0.1) is 0 Å². The van der Waals surface area contributed by atoms with Crippen molar-refractivity contribution in [3.63, 3.8) is 0 Å². The fraction of sp³-hybridized carbons (Fsp3) is 0.632. The van der Waals surface area contributed by atoms with Crippen LogP contribution in [0, 0.1) is 11.8 Å². The lowest BCUT2D eigenvalue weighted by atomic mass is 9.82. The van der Waals surface area contributed by atoms with Crippen LogP contribution in [0.1, 0.15) is 52.0 Å². The third kappa shape index (κ3) is 2.45. The predicted molar refractivity (Wildman–Crippen MR) is 89.4 cm³/mol. The van der Waals surface area contributed by atoms with Crippen LogP contribution in [0.4, 0.5) is 0 Å². The minimum absolute atomic E-state index is 0.125. The first-order chi connectivity index (χ1) is 10.3. The first-order valence-electron chi connectivity index (χ1n) is 8.47. The summed E-state index contributed by atoms with van der Waals surface area (Å²) < 4.78 is 0. The van der Waals surface area contributed by atoms with Crippen molar-refractivity contribution >= 4 is 5.91 Å². The van der Waals surface area contributed by atoms with Gasteiger partial charge < -0.3 is 10.6 Å². The molecule has 1 amide bonds. The molecule has 1 aromatic rings. The zero-order valence-corrected chi connectivity index (χ0v) is 14.1. The van der Waals surface area contributed by atoms with Gasteiger partial charge in [-0.15, -0.1) is 0 Å². The van der Waals surface area contributed by atoms with Crippen molar-refractivity contribution in [1.82, 2.24) is 4.90 Å². The van der Waals surface area contributed by atoms with Gasteiger partial charge in [-0.3, -0.25) is 4.79 Å². The highest BCUT2D eigenvalue weighted by Gasteiger charge is 2.54. The molecule has 0 spiro atoms. The van der Waals surface area contributed by atoms with Crippen LogP contribution >= 0.6 is 0 Å². The Kier molecular flexibility index (Phi) is 3.80. The van der Waals surface area contributed by atoms with Crippen LogP contribution in [0.25, 0.3) is 0 Å². The number of carbonyl (C=O) groups excluding carboxylic acids is 1. The summed E-state index contributed by atoms with van der Waals surface area (Å²) >= 11 is 0. The van der Waals surface area contributed by atoms with Gasteiger partial charge in [0.2, 0.25) is 5.91 Å². The van der Waals surface area contributed by atoms with Crippen molar-refractivity contribution in [3.8, 4) is 0 Å². The van der Waals surface area contributed by atoms with E-state index in [-0.39, 0.29) is 17.5 Å². The highest BCUT2D eigenvalue weighted by atomic mass is 16.2. The fourth-order valence-corrected chi connectivity index (χ4v) is 4.46. The van der Waals surface area contributed by atoms with Crippen molar-refractivity contribution in [3.05, 3.63) is 35.9 Å². The molecule has 2 fully saturated rings. The zero-order chi connectivity index (χ0) is 16.1. The Morgan fingerprint density at radius 1 is 1.27 bits per heavy atom. The normalized spacial score (nSPS) is 34.5. The number of likely N-dealkylation sites (tertiary alicyclic amines) is 1. The van der Waals surface area contributed by atoms with E-state index < -0.39 is 0 Å². The summed E-state index contributed by atoms with van der Waals surface area (Å²) in [5.41, 5.74) is 7.18. The number of rotatable bonds is 3. The molecule has 1 aromatic carbocycles. The van der Waals surface area contributed by atoms with Crippen LogP contribution in [0.5, 0.6) is 0 Å². The summed E-state index contributed by atoms with van der Waals surface area (Å²) in [7, 11) is 0. The number of nitrogens with two attached hydrogens (primary N) is 1. The van der Waals surface area contributed by atoms with Gasteiger partial charge in [0.1, 0.15) is 0 Å². The maximum atomic E-state index is 13.0.